The van der Waals surface area contributed by atoms with Crippen molar-refractivity contribution >= 4 is 46.7 Å². The lowest BCUT2D eigenvalue weighted by Gasteiger charge is -2.16. The third-order valence-electron chi connectivity index (χ3n) is 5.19. The summed E-state index contributed by atoms with van der Waals surface area (Å²) in [7, 11) is 3.48. The molecule has 2 atom stereocenters. The molecule has 0 aliphatic carbocycles. The Labute approximate surface area is 215 Å². The number of hydrogen-bond donors (Lipinski definition) is 2. The molecule has 0 spiro atoms. The summed E-state index contributed by atoms with van der Waals surface area (Å²) in [6, 6.07) is 15.2. The van der Waals surface area contributed by atoms with E-state index in [2.05, 4.69) is 20.4 Å². The van der Waals surface area contributed by atoms with Crippen LogP contribution in [0.2, 0.25) is 10.0 Å². The van der Waals surface area contributed by atoms with E-state index in [1.807, 2.05) is 48.5 Å². The molecule has 2 aromatic heterocycles. The normalized spacial score (nSPS) is 13.2. The number of benzene rings is 2. The standard InChI is InChI=1S/C22H22Cl2N6O2S2/c1-29-19(25-27-21(29)33-11-13-7-3-5-9-15(13)23)17(31)18(32)20-26-28-22(30(20)2)34-12-14-8-4-6-10-16(14)24/h3-10,17-18,31-32H,11-12H2,1-2H3. The van der Waals surface area contributed by atoms with Gasteiger partial charge in [0.1, 0.15) is 12.2 Å². The maximum atomic E-state index is 10.8. The van der Waals surface area contributed by atoms with Gasteiger partial charge in [-0.15, -0.1) is 20.4 Å². The van der Waals surface area contributed by atoms with Crippen LogP contribution in [0.25, 0.3) is 0 Å². The Morgan fingerprint density at radius 3 is 1.47 bits per heavy atom. The van der Waals surface area contributed by atoms with Crippen molar-refractivity contribution in [3.8, 4) is 0 Å². The molecule has 0 fully saturated rings. The van der Waals surface area contributed by atoms with Crippen molar-refractivity contribution in [3.05, 3.63) is 81.4 Å². The van der Waals surface area contributed by atoms with Crippen LogP contribution in [-0.2, 0) is 25.6 Å². The third kappa shape index (κ3) is 5.42. The van der Waals surface area contributed by atoms with Gasteiger partial charge in [-0.3, -0.25) is 0 Å². The van der Waals surface area contributed by atoms with Gasteiger partial charge in [-0.2, -0.15) is 0 Å². The molecule has 0 aliphatic heterocycles. The molecule has 8 nitrogen and oxygen atoms in total. The first kappa shape index (κ1) is 25.0. The SMILES string of the molecule is Cn1c(SCc2ccccc2Cl)nnc1C(O)C(O)c1nnc(SCc2ccccc2Cl)n1C. The zero-order valence-corrected chi connectivity index (χ0v) is 21.5. The van der Waals surface area contributed by atoms with Crippen LogP contribution in [0.1, 0.15) is 35.0 Å². The van der Waals surface area contributed by atoms with Crippen LogP contribution in [0.15, 0.2) is 58.8 Å². The Hall–Kier alpha value is -2.08. The van der Waals surface area contributed by atoms with Crippen LogP contribution in [-0.4, -0.2) is 39.7 Å². The number of aliphatic hydroxyl groups excluding tert-OH is 2. The summed E-state index contributed by atoms with van der Waals surface area (Å²) in [5, 5.41) is 40.7. The van der Waals surface area contributed by atoms with Crippen molar-refractivity contribution in [1.29, 1.82) is 0 Å². The minimum atomic E-state index is -1.34. The molecule has 2 aromatic carbocycles. The number of aliphatic hydroxyl groups is 2. The van der Waals surface area contributed by atoms with Gasteiger partial charge in [0.15, 0.2) is 22.0 Å². The first-order valence-electron chi connectivity index (χ1n) is 10.2. The highest BCUT2D eigenvalue weighted by Gasteiger charge is 2.30. The van der Waals surface area contributed by atoms with Crippen molar-refractivity contribution < 1.29 is 10.2 Å². The summed E-state index contributed by atoms with van der Waals surface area (Å²) in [6.07, 6.45) is -2.67. The van der Waals surface area contributed by atoms with Crippen molar-refractivity contribution in [3.63, 3.8) is 0 Å². The molecule has 4 aromatic rings. The van der Waals surface area contributed by atoms with Crippen LogP contribution in [0.3, 0.4) is 0 Å². The summed E-state index contributed by atoms with van der Waals surface area (Å²) in [5.74, 6) is 1.64. The average Bonchev–Trinajstić information content (AvgIpc) is 3.39. The summed E-state index contributed by atoms with van der Waals surface area (Å²) in [5.41, 5.74) is 1.94. The fraction of sp³-hybridized carbons (Fsp3) is 0.273. The van der Waals surface area contributed by atoms with E-state index in [4.69, 9.17) is 23.2 Å². The van der Waals surface area contributed by atoms with Gasteiger partial charge in [-0.25, -0.2) is 0 Å². The fourth-order valence-electron chi connectivity index (χ4n) is 3.22. The second-order valence-electron chi connectivity index (χ2n) is 7.45. The molecule has 34 heavy (non-hydrogen) atoms. The van der Waals surface area contributed by atoms with E-state index >= 15 is 0 Å². The smallest absolute Gasteiger partial charge is 0.191 e. The first-order valence-corrected chi connectivity index (χ1v) is 13.0. The first-order chi connectivity index (χ1) is 16.4. The Kier molecular flexibility index (Phi) is 8.18. The fourth-order valence-corrected chi connectivity index (χ4v) is 5.62. The third-order valence-corrected chi connectivity index (χ3v) is 8.07. The predicted molar refractivity (Wildman–Crippen MR) is 134 cm³/mol. The van der Waals surface area contributed by atoms with E-state index in [9.17, 15) is 10.2 Å². The Morgan fingerprint density at radius 2 is 1.09 bits per heavy atom. The second kappa shape index (κ2) is 11.1. The molecule has 2 N–H and O–H groups in total. The highest BCUT2D eigenvalue weighted by atomic mass is 35.5. The van der Waals surface area contributed by atoms with Gasteiger partial charge in [0.05, 0.1) is 0 Å². The molecular formula is C22H22Cl2N6O2S2. The molecule has 2 heterocycles. The van der Waals surface area contributed by atoms with Crippen molar-refractivity contribution in [2.75, 3.05) is 0 Å². The number of hydrogen-bond acceptors (Lipinski definition) is 8. The largest absolute Gasteiger partial charge is 0.382 e. The lowest BCUT2D eigenvalue weighted by molar-refractivity contribution is 0.00246. The van der Waals surface area contributed by atoms with Crippen LogP contribution < -0.4 is 0 Å². The quantitative estimate of drug-likeness (QED) is 0.299. The number of nitrogens with zero attached hydrogens (tertiary/aromatic N) is 6. The van der Waals surface area contributed by atoms with Crippen LogP contribution in [0, 0.1) is 0 Å². The minimum absolute atomic E-state index is 0.224. The van der Waals surface area contributed by atoms with E-state index in [-0.39, 0.29) is 11.6 Å². The Bertz CT molecular complexity index is 1180. The molecule has 178 valence electrons. The predicted octanol–water partition coefficient (Wildman–Crippen LogP) is 4.60. The number of aromatic nitrogens is 6. The topological polar surface area (TPSA) is 102 Å². The lowest BCUT2D eigenvalue weighted by atomic mass is 10.2. The molecule has 0 aliphatic rings. The summed E-state index contributed by atoms with van der Waals surface area (Å²) >= 11 is 15.3. The van der Waals surface area contributed by atoms with Gasteiger partial charge in [-0.05, 0) is 23.3 Å². The average molecular weight is 537 g/mol. The second-order valence-corrected chi connectivity index (χ2v) is 10.1. The zero-order chi connectivity index (χ0) is 24.2. The van der Waals surface area contributed by atoms with E-state index in [1.165, 1.54) is 23.5 Å². The molecule has 12 heteroatoms. The minimum Gasteiger partial charge on any atom is -0.382 e. The van der Waals surface area contributed by atoms with E-state index < -0.39 is 12.2 Å². The maximum absolute atomic E-state index is 10.8. The molecule has 4 rings (SSSR count). The van der Waals surface area contributed by atoms with Gasteiger partial charge in [0, 0.05) is 35.6 Å². The highest BCUT2D eigenvalue weighted by Crippen LogP contribution is 2.32. The lowest BCUT2D eigenvalue weighted by Crippen LogP contribution is -2.18. The Morgan fingerprint density at radius 1 is 0.706 bits per heavy atom. The van der Waals surface area contributed by atoms with Crippen molar-refractivity contribution in [2.24, 2.45) is 14.1 Å². The van der Waals surface area contributed by atoms with E-state index in [0.29, 0.717) is 31.9 Å². The van der Waals surface area contributed by atoms with Gasteiger partial charge >= 0.3 is 0 Å². The number of halogens is 2. The maximum Gasteiger partial charge on any atom is 0.191 e. The molecule has 0 bridgehead atoms. The van der Waals surface area contributed by atoms with Gasteiger partial charge in [0.2, 0.25) is 0 Å². The van der Waals surface area contributed by atoms with Gasteiger partial charge in [-0.1, -0.05) is 83.1 Å². The molecule has 0 radical (unpaired) electrons. The molecular weight excluding hydrogens is 515 g/mol. The zero-order valence-electron chi connectivity index (χ0n) is 18.3. The van der Waals surface area contributed by atoms with Gasteiger partial charge in [0.25, 0.3) is 0 Å². The van der Waals surface area contributed by atoms with Crippen LogP contribution in [0.4, 0.5) is 0 Å². The molecule has 2 unspecified atom stereocenters. The number of thioether (sulfide) groups is 2. The van der Waals surface area contributed by atoms with Gasteiger partial charge < -0.3 is 19.3 Å². The molecule has 0 saturated carbocycles. The summed E-state index contributed by atoms with van der Waals surface area (Å²) < 4.78 is 3.30. The highest BCUT2D eigenvalue weighted by molar-refractivity contribution is 7.98. The summed E-state index contributed by atoms with van der Waals surface area (Å²) in [6.45, 7) is 0. The summed E-state index contributed by atoms with van der Waals surface area (Å²) in [4.78, 5) is 0. The van der Waals surface area contributed by atoms with Crippen molar-refractivity contribution in [2.45, 2.75) is 34.0 Å². The van der Waals surface area contributed by atoms with E-state index in [0.717, 1.165) is 11.1 Å². The monoisotopic (exact) mass is 536 g/mol. The Balaban J connectivity index is 1.44. The molecule has 0 amide bonds. The van der Waals surface area contributed by atoms with Crippen molar-refractivity contribution in [1.82, 2.24) is 29.5 Å². The van der Waals surface area contributed by atoms with Crippen LogP contribution in [0.5, 0.6) is 0 Å². The van der Waals surface area contributed by atoms with E-state index in [1.54, 1.807) is 23.2 Å². The number of rotatable bonds is 9. The van der Waals surface area contributed by atoms with Crippen LogP contribution >= 0.6 is 46.7 Å². The molecule has 0 saturated heterocycles.